The van der Waals surface area contributed by atoms with Crippen LogP contribution in [0.4, 0.5) is 0 Å². The van der Waals surface area contributed by atoms with Crippen molar-refractivity contribution in [2.45, 2.75) is 53.0 Å². The predicted octanol–water partition coefficient (Wildman–Crippen LogP) is 2.58. The van der Waals surface area contributed by atoms with Gasteiger partial charge in [-0.25, -0.2) is 0 Å². The van der Waals surface area contributed by atoms with E-state index in [4.69, 9.17) is 0 Å². The van der Waals surface area contributed by atoms with Gasteiger partial charge in [0.1, 0.15) is 0 Å². The molecular formula is C16H28N2O. The van der Waals surface area contributed by atoms with Crippen LogP contribution in [0.2, 0.25) is 0 Å². The molecule has 3 heteroatoms. The lowest BCUT2D eigenvalue weighted by atomic mass is 9.83. The minimum absolute atomic E-state index is 0.0494. The van der Waals surface area contributed by atoms with Crippen LogP contribution in [-0.2, 0) is 4.79 Å². The van der Waals surface area contributed by atoms with Crippen LogP contribution in [0.15, 0.2) is 11.6 Å². The fourth-order valence-corrected chi connectivity index (χ4v) is 3.07. The van der Waals surface area contributed by atoms with E-state index in [0.717, 1.165) is 32.5 Å². The van der Waals surface area contributed by atoms with Gasteiger partial charge in [0.2, 0.25) is 5.91 Å². The molecule has 2 heterocycles. The van der Waals surface area contributed by atoms with Crippen LogP contribution in [0, 0.1) is 11.3 Å². The normalized spacial score (nSPS) is 29.1. The molecule has 108 valence electrons. The van der Waals surface area contributed by atoms with E-state index in [2.05, 4.69) is 39.1 Å². The van der Waals surface area contributed by atoms with Crippen molar-refractivity contribution in [3.63, 3.8) is 0 Å². The van der Waals surface area contributed by atoms with Crippen LogP contribution in [0.5, 0.6) is 0 Å². The number of carbonyl (C=O) groups is 1. The molecule has 19 heavy (non-hydrogen) atoms. The van der Waals surface area contributed by atoms with E-state index < -0.39 is 0 Å². The van der Waals surface area contributed by atoms with E-state index >= 15 is 0 Å². The molecule has 0 saturated carbocycles. The molecule has 1 N–H and O–H groups in total. The predicted molar refractivity (Wildman–Crippen MR) is 78.9 cm³/mol. The van der Waals surface area contributed by atoms with Gasteiger partial charge in [-0.15, -0.1) is 0 Å². The van der Waals surface area contributed by atoms with E-state index in [1.807, 2.05) is 4.90 Å². The number of nitrogens with zero attached hydrogens (tertiary/aromatic N) is 1. The molecule has 0 aliphatic carbocycles. The van der Waals surface area contributed by atoms with Gasteiger partial charge in [-0.3, -0.25) is 4.79 Å². The van der Waals surface area contributed by atoms with Crippen molar-refractivity contribution in [1.29, 1.82) is 0 Å². The summed E-state index contributed by atoms with van der Waals surface area (Å²) in [4.78, 5) is 14.5. The highest BCUT2D eigenvalue weighted by molar-refractivity contribution is 5.82. The quantitative estimate of drug-likeness (QED) is 0.738. The van der Waals surface area contributed by atoms with Crippen molar-refractivity contribution >= 4 is 5.91 Å². The average Bonchev–Trinajstić information content (AvgIpc) is 2.37. The molecule has 1 fully saturated rings. The van der Waals surface area contributed by atoms with Gasteiger partial charge in [-0.05, 0) is 37.1 Å². The van der Waals surface area contributed by atoms with Crippen molar-refractivity contribution in [2.24, 2.45) is 11.3 Å². The summed E-state index contributed by atoms with van der Waals surface area (Å²) in [6.07, 6.45) is 5.47. The summed E-state index contributed by atoms with van der Waals surface area (Å²) < 4.78 is 0. The Hall–Kier alpha value is -0.830. The highest BCUT2D eigenvalue weighted by Crippen LogP contribution is 2.30. The molecule has 3 nitrogen and oxygen atoms in total. The molecular weight excluding hydrogens is 236 g/mol. The molecule has 0 radical (unpaired) electrons. The third-order valence-electron chi connectivity index (χ3n) is 4.45. The van der Waals surface area contributed by atoms with Crippen LogP contribution in [0.3, 0.4) is 0 Å². The average molecular weight is 264 g/mol. The van der Waals surface area contributed by atoms with Crippen LogP contribution in [0.25, 0.3) is 0 Å². The zero-order valence-corrected chi connectivity index (χ0v) is 12.8. The van der Waals surface area contributed by atoms with Crippen molar-refractivity contribution < 1.29 is 4.79 Å². The van der Waals surface area contributed by atoms with E-state index in [0.29, 0.717) is 11.8 Å². The van der Waals surface area contributed by atoms with Gasteiger partial charge in [0.25, 0.3) is 0 Å². The Balaban J connectivity index is 1.94. The van der Waals surface area contributed by atoms with Crippen LogP contribution < -0.4 is 5.32 Å². The number of amides is 1. The van der Waals surface area contributed by atoms with E-state index in [-0.39, 0.29) is 11.5 Å². The Bertz CT molecular complexity index is 367. The number of hydrogen-bond acceptors (Lipinski definition) is 2. The summed E-state index contributed by atoms with van der Waals surface area (Å²) in [7, 11) is 0. The van der Waals surface area contributed by atoms with Gasteiger partial charge in [-0.2, -0.15) is 0 Å². The summed E-state index contributed by atoms with van der Waals surface area (Å²) in [6, 6.07) is 0.0494. The molecule has 2 rings (SSSR count). The third-order valence-corrected chi connectivity index (χ3v) is 4.45. The Kier molecular flexibility index (Phi) is 4.34. The molecule has 1 amide bonds. The van der Waals surface area contributed by atoms with Gasteiger partial charge >= 0.3 is 0 Å². The molecule has 2 atom stereocenters. The molecule has 0 aromatic rings. The van der Waals surface area contributed by atoms with Gasteiger partial charge in [0, 0.05) is 13.1 Å². The van der Waals surface area contributed by atoms with E-state index in [1.165, 1.54) is 12.0 Å². The van der Waals surface area contributed by atoms with Gasteiger partial charge in [0.05, 0.1) is 6.04 Å². The van der Waals surface area contributed by atoms with Crippen LogP contribution in [-0.4, -0.2) is 36.5 Å². The molecule has 2 aliphatic rings. The molecule has 0 aromatic carbocycles. The first-order chi connectivity index (χ1) is 8.88. The first-order valence-electron chi connectivity index (χ1n) is 7.59. The Labute approximate surface area is 117 Å². The summed E-state index contributed by atoms with van der Waals surface area (Å²) in [5, 5.41) is 3.38. The zero-order valence-electron chi connectivity index (χ0n) is 12.8. The van der Waals surface area contributed by atoms with Crippen molar-refractivity contribution in [3.05, 3.63) is 11.6 Å². The van der Waals surface area contributed by atoms with Gasteiger partial charge in [-0.1, -0.05) is 39.3 Å². The second-order valence-electron chi connectivity index (χ2n) is 7.15. The van der Waals surface area contributed by atoms with Crippen LogP contribution >= 0.6 is 0 Å². The summed E-state index contributed by atoms with van der Waals surface area (Å²) in [6.45, 7) is 11.7. The molecule has 0 bridgehead atoms. The Morgan fingerprint density at radius 2 is 2.16 bits per heavy atom. The third kappa shape index (κ3) is 3.59. The van der Waals surface area contributed by atoms with Crippen molar-refractivity contribution in [1.82, 2.24) is 10.2 Å². The van der Waals surface area contributed by atoms with Crippen LogP contribution in [0.1, 0.15) is 47.0 Å². The summed E-state index contributed by atoms with van der Waals surface area (Å²) in [5.41, 5.74) is 1.73. The van der Waals surface area contributed by atoms with Crippen molar-refractivity contribution in [3.8, 4) is 0 Å². The highest BCUT2D eigenvalue weighted by Gasteiger charge is 2.30. The fraction of sp³-hybridized carbons (Fsp3) is 0.812. The standard InChI is InChI=1S/C16H28N2O/c1-12-5-8-17-14(11-12)15(19)18-9-6-13(7-10-18)16(2,3)4/h6,12,14,17H,5,7-11H2,1-4H3. The minimum atomic E-state index is 0.0494. The Morgan fingerprint density at radius 3 is 2.68 bits per heavy atom. The molecule has 1 saturated heterocycles. The first kappa shape index (κ1) is 14.6. The SMILES string of the molecule is CC1CCNC(C(=O)N2CC=C(C(C)(C)C)CC2)C1. The lowest BCUT2D eigenvalue weighted by Gasteiger charge is -2.36. The second-order valence-corrected chi connectivity index (χ2v) is 7.15. The lowest BCUT2D eigenvalue weighted by Crippen LogP contribution is -2.51. The van der Waals surface area contributed by atoms with Crippen molar-refractivity contribution in [2.75, 3.05) is 19.6 Å². The topological polar surface area (TPSA) is 32.3 Å². The molecule has 2 aliphatic heterocycles. The molecule has 2 unspecified atom stereocenters. The van der Waals surface area contributed by atoms with Gasteiger partial charge < -0.3 is 10.2 Å². The number of carbonyl (C=O) groups excluding carboxylic acids is 1. The number of nitrogens with one attached hydrogen (secondary N) is 1. The monoisotopic (exact) mass is 264 g/mol. The molecule has 0 aromatic heterocycles. The summed E-state index contributed by atoms with van der Waals surface area (Å²) >= 11 is 0. The lowest BCUT2D eigenvalue weighted by molar-refractivity contribution is -0.134. The highest BCUT2D eigenvalue weighted by atomic mass is 16.2. The fourth-order valence-electron chi connectivity index (χ4n) is 3.07. The maximum Gasteiger partial charge on any atom is 0.240 e. The molecule has 0 spiro atoms. The number of piperidine rings is 1. The van der Waals surface area contributed by atoms with E-state index in [9.17, 15) is 4.79 Å². The minimum Gasteiger partial charge on any atom is -0.337 e. The smallest absolute Gasteiger partial charge is 0.240 e. The second kappa shape index (κ2) is 5.66. The largest absolute Gasteiger partial charge is 0.337 e. The summed E-state index contributed by atoms with van der Waals surface area (Å²) in [5.74, 6) is 0.969. The van der Waals surface area contributed by atoms with E-state index in [1.54, 1.807) is 0 Å². The van der Waals surface area contributed by atoms with Gasteiger partial charge in [0.15, 0.2) is 0 Å². The Morgan fingerprint density at radius 1 is 1.42 bits per heavy atom. The zero-order chi connectivity index (χ0) is 14.0. The maximum atomic E-state index is 12.5. The first-order valence-corrected chi connectivity index (χ1v) is 7.59. The maximum absolute atomic E-state index is 12.5. The number of hydrogen-bond donors (Lipinski definition) is 1. The number of rotatable bonds is 1.